The fraction of sp³-hybridized carbons (Fsp3) is 0.737. The minimum absolute atomic E-state index is 0.00942. The highest BCUT2D eigenvalue weighted by atomic mass is 79.9. The zero-order valence-corrected chi connectivity index (χ0v) is 18.9. The molecule has 1 N–H and O–H groups in total. The number of carbonyl (C=O) groups excluding carboxylic acids is 2. The third-order valence-electron chi connectivity index (χ3n) is 5.45. The largest absolute Gasteiger partial charge is 0.338 e. The number of carbonyl (C=O) groups is 2. The van der Waals surface area contributed by atoms with Gasteiger partial charge in [-0.3, -0.25) is 9.59 Å². The van der Waals surface area contributed by atoms with Crippen LogP contribution in [-0.4, -0.2) is 69.8 Å². The van der Waals surface area contributed by atoms with E-state index in [1.807, 2.05) is 11.6 Å². The summed E-state index contributed by atoms with van der Waals surface area (Å²) >= 11 is 3.42. The topological polar surface area (TPSA) is 70.5 Å². The van der Waals surface area contributed by atoms with E-state index in [0.29, 0.717) is 11.3 Å². The Morgan fingerprint density at radius 3 is 2.52 bits per heavy atom. The SMILES string of the molecule is CN1CCCn2c(Br)nc(C(=O)N[C@H](C(=O)N3CCC(F)(F)C3)C(C)(C)C)c2C1. The molecule has 162 valence electrons. The highest BCUT2D eigenvalue weighted by molar-refractivity contribution is 9.10. The van der Waals surface area contributed by atoms with Gasteiger partial charge in [0.1, 0.15) is 6.04 Å². The molecule has 0 bridgehead atoms. The van der Waals surface area contributed by atoms with Crippen LogP contribution in [0.5, 0.6) is 0 Å². The monoisotopic (exact) mass is 475 g/mol. The predicted molar refractivity (Wildman–Crippen MR) is 108 cm³/mol. The first kappa shape index (κ1) is 22.1. The molecule has 3 rings (SSSR count). The maximum Gasteiger partial charge on any atom is 0.272 e. The number of nitrogens with zero attached hydrogens (tertiary/aromatic N) is 4. The van der Waals surface area contributed by atoms with Gasteiger partial charge < -0.3 is 19.7 Å². The van der Waals surface area contributed by atoms with Crippen molar-refractivity contribution in [1.29, 1.82) is 0 Å². The second kappa shape index (κ2) is 7.94. The fourth-order valence-electron chi connectivity index (χ4n) is 3.81. The summed E-state index contributed by atoms with van der Waals surface area (Å²) in [4.78, 5) is 33.7. The van der Waals surface area contributed by atoms with Crippen molar-refractivity contribution in [2.24, 2.45) is 5.41 Å². The summed E-state index contributed by atoms with van der Waals surface area (Å²) in [5, 5.41) is 2.79. The standard InChI is InChI=1S/C19H28BrF2N5O2/c1-18(2,3)14(16(29)26-9-6-19(21,22)11-26)24-15(28)13-12-10-25(4)7-5-8-27(12)17(20)23-13/h14H,5-11H2,1-4H3,(H,24,28)/t14-/m1/s1. The molecule has 0 saturated carbocycles. The van der Waals surface area contributed by atoms with Crippen molar-refractivity contribution in [2.75, 3.05) is 26.7 Å². The predicted octanol–water partition coefficient (Wildman–Crippen LogP) is 2.49. The van der Waals surface area contributed by atoms with E-state index in [0.717, 1.165) is 30.1 Å². The van der Waals surface area contributed by atoms with Gasteiger partial charge in [0.2, 0.25) is 5.91 Å². The van der Waals surface area contributed by atoms with Gasteiger partial charge in [-0.25, -0.2) is 13.8 Å². The molecule has 0 radical (unpaired) electrons. The molecule has 29 heavy (non-hydrogen) atoms. The van der Waals surface area contributed by atoms with Gasteiger partial charge in [0, 0.05) is 26.1 Å². The van der Waals surface area contributed by atoms with E-state index >= 15 is 0 Å². The summed E-state index contributed by atoms with van der Waals surface area (Å²) in [5.74, 6) is -3.82. The number of halogens is 3. The molecule has 0 unspecified atom stereocenters. The maximum atomic E-state index is 13.6. The normalized spacial score (nSPS) is 20.9. The molecular weight excluding hydrogens is 448 g/mol. The van der Waals surface area contributed by atoms with Crippen molar-refractivity contribution in [2.45, 2.75) is 58.7 Å². The number of hydrogen-bond acceptors (Lipinski definition) is 4. The molecule has 10 heteroatoms. The summed E-state index contributed by atoms with van der Waals surface area (Å²) in [7, 11) is 1.98. The first-order valence-corrected chi connectivity index (χ1v) is 10.6. The molecular formula is C19H28BrF2N5O2. The molecule has 7 nitrogen and oxygen atoms in total. The van der Waals surface area contributed by atoms with Crippen molar-refractivity contribution >= 4 is 27.7 Å². The number of amides is 2. The third-order valence-corrected chi connectivity index (χ3v) is 6.06. The first-order valence-electron chi connectivity index (χ1n) is 9.80. The molecule has 1 aromatic heterocycles. The smallest absolute Gasteiger partial charge is 0.272 e. The lowest BCUT2D eigenvalue weighted by atomic mass is 9.85. The number of likely N-dealkylation sites (tertiary alicyclic amines) is 1. The summed E-state index contributed by atoms with van der Waals surface area (Å²) < 4.78 is 29.8. The number of imidazole rings is 1. The second-order valence-electron chi connectivity index (χ2n) is 9.06. The van der Waals surface area contributed by atoms with E-state index in [1.54, 1.807) is 20.8 Å². The highest BCUT2D eigenvalue weighted by Gasteiger charge is 2.45. The fourth-order valence-corrected chi connectivity index (χ4v) is 4.38. The molecule has 3 heterocycles. The zero-order chi connectivity index (χ0) is 21.6. The van der Waals surface area contributed by atoms with E-state index < -0.39 is 35.7 Å². The Bertz CT molecular complexity index is 805. The van der Waals surface area contributed by atoms with Gasteiger partial charge in [0.05, 0.1) is 12.2 Å². The van der Waals surface area contributed by atoms with Crippen molar-refractivity contribution < 1.29 is 18.4 Å². The van der Waals surface area contributed by atoms with Crippen LogP contribution in [0.4, 0.5) is 8.78 Å². The van der Waals surface area contributed by atoms with Gasteiger partial charge in [-0.1, -0.05) is 20.8 Å². The quantitative estimate of drug-likeness (QED) is 0.728. The van der Waals surface area contributed by atoms with E-state index in [2.05, 4.69) is 31.1 Å². The molecule has 2 aliphatic heterocycles. The molecule has 0 aliphatic carbocycles. The van der Waals surface area contributed by atoms with Crippen LogP contribution >= 0.6 is 15.9 Å². The van der Waals surface area contributed by atoms with Crippen LogP contribution in [0.1, 0.15) is 49.8 Å². The molecule has 2 aliphatic rings. The summed E-state index contributed by atoms with van der Waals surface area (Å²) in [6, 6.07) is -0.927. The van der Waals surface area contributed by atoms with Crippen LogP contribution in [-0.2, 0) is 17.9 Å². The summed E-state index contributed by atoms with van der Waals surface area (Å²) in [6.07, 6.45) is 0.586. The lowest BCUT2D eigenvalue weighted by Gasteiger charge is -2.33. The lowest BCUT2D eigenvalue weighted by Crippen LogP contribution is -2.54. The first-order chi connectivity index (χ1) is 13.4. The molecule has 1 fully saturated rings. The Balaban J connectivity index is 1.84. The Labute approximate surface area is 177 Å². The second-order valence-corrected chi connectivity index (χ2v) is 9.77. The maximum absolute atomic E-state index is 13.6. The molecule has 1 aromatic rings. The Kier molecular flexibility index (Phi) is 6.06. The van der Waals surface area contributed by atoms with Crippen LogP contribution in [0, 0.1) is 5.41 Å². The van der Waals surface area contributed by atoms with Gasteiger partial charge in [-0.15, -0.1) is 0 Å². The van der Waals surface area contributed by atoms with Crippen LogP contribution in [0.2, 0.25) is 0 Å². The Morgan fingerprint density at radius 1 is 1.24 bits per heavy atom. The molecule has 1 atom stereocenters. The minimum atomic E-state index is -2.88. The number of rotatable bonds is 3. The van der Waals surface area contributed by atoms with Crippen LogP contribution in [0.15, 0.2) is 4.73 Å². The molecule has 0 aromatic carbocycles. The van der Waals surface area contributed by atoms with Crippen LogP contribution in [0.25, 0.3) is 0 Å². The summed E-state index contributed by atoms with van der Waals surface area (Å²) in [6.45, 7) is 7.01. The van der Waals surface area contributed by atoms with Gasteiger partial charge in [0.25, 0.3) is 11.8 Å². The third kappa shape index (κ3) is 4.79. The van der Waals surface area contributed by atoms with Crippen molar-refractivity contribution in [3.63, 3.8) is 0 Å². The van der Waals surface area contributed by atoms with Crippen molar-refractivity contribution in [3.05, 3.63) is 16.1 Å². The molecule has 1 saturated heterocycles. The summed E-state index contributed by atoms with van der Waals surface area (Å²) in [5.41, 5.74) is 0.400. The Hall–Kier alpha value is -1.55. The Morgan fingerprint density at radius 2 is 1.93 bits per heavy atom. The minimum Gasteiger partial charge on any atom is -0.338 e. The number of fused-ring (bicyclic) bond motifs is 1. The van der Waals surface area contributed by atoms with Crippen LogP contribution < -0.4 is 5.32 Å². The highest BCUT2D eigenvalue weighted by Crippen LogP contribution is 2.30. The van der Waals surface area contributed by atoms with Gasteiger partial charge in [0.15, 0.2) is 10.4 Å². The van der Waals surface area contributed by atoms with Gasteiger partial charge in [-0.2, -0.15) is 0 Å². The lowest BCUT2D eigenvalue weighted by molar-refractivity contribution is -0.136. The van der Waals surface area contributed by atoms with E-state index in [-0.39, 0.29) is 18.7 Å². The van der Waals surface area contributed by atoms with Gasteiger partial charge in [-0.05, 0) is 41.4 Å². The van der Waals surface area contributed by atoms with Crippen molar-refractivity contribution in [3.8, 4) is 0 Å². The molecule has 2 amide bonds. The number of hydrogen-bond donors (Lipinski definition) is 1. The average Bonchev–Trinajstić information content (AvgIpc) is 3.03. The van der Waals surface area contributed by atoms with Crippen molar-refractivity contribution in [1.82, 2.24) is 24.7 Å². The zero-order valence-electron chi connectivity index (χ0n) is 17.3. The number of nitrogens with one attached hydrogen (secondary N) is 1. The van der Waals surface area contributed by atoms with E-state index in [1.165, 1.54) is 0 Å². The molecule has 0 spiro atoms. The van der Waals surface area contributed by atoms with Crippen LogP contribution in [0.3, 0.4) is 0 Å². The van der Waals surface area contributed by atoms with Gasteiger partial charge >= 0.3 is 0 Å². The average molecular weight is 476 g/mol. The number of aromatic nitrogens is 2. The van der Waals surface area contributed by atoms with E-state index in [9.17, 15) is 18.4 Å². The number of alkyl halides is 2. The van der Waals surface area contributed by atoms with E-state index in [4.69, 9.17) is 0 Å².